The van der Waals surface area contributed by atoms with Crippen LogP contribution in [0.1, 0.15) is 0 Å². The third-order valence-electron chi connectivity index (χ3n) is 9.42. The van der Waals surface area contributed by atoms with Crippen LogP contribution < -0.4 is 4.90 Å². The first-order chi connectivity index (χ1) is 23.3. The first-order valence-corrected chi connectivity index (χ1v) is 16.7. The zero-order valence-electron chi connectivity index (χ0n) is 25.4. The van der Waals surface area contributed by atoms with E-state index >= 15 is 0 Å². The molecule has 220 valence electrons. The van der Waals surface area contributed by atoms with Gasteiger partial charge in [-0.05, 0) is 93.7 Å². The Balaban J connectivity index is 1.08. The Morgan fingerprint density at radius 1 is 0.383 bits per heavy atom. The predicted molar refractivity (Wildman–Crippen MR) is 201 cm³/mol. The summed E-state index contributed by atoms with van der Waals surface area (Å²) in [5.74, 6) is 0. The molecule has 0 saturated heterocycles. The van der Waals surface area contributed by atoms with Gasteiger partial charge >= 0.3 is 0 Å². The van der Waals surface area contributed by atoms with E-state index in [1.165, 1.54) is 52.8 Å². The van der Waals surface area contributed by atoms with Crippen LogP contribution in [0.4, 0.5) is 17.1 Å². The fourth-order valence-electron chi connectivity index (χ4n) is 7.16. The zero-order chi connectivity index (χ0) is 30.9. The molecule has 2 aromatic heterocycles. The molecule has 0 atom stereocenters. The van der Waals surface area contributed by atoms with Crippen LogP contribution in [-0.2, 0) is 0 Å². The smallest absolute Gasteiger partial charge is 0.136 e. The quantitative estimate of drug-likeness (QED) is 0.179. The van der Waals surface area contributed by atoms with E-state index in [0.29, 0.717) is 0 Å². The number of thiophene rings is 1. The van der Waals surface area contributed by atoms with Gasteiger partial charge in [-0.2, -0.15) is 0 Å². The van der Waals surface area contributed by atoms with Crippen molar-refractivity contribution in [3.05, 3.63) is 164 Å². The predicted octanol–water partition coefficient (Wildman–Crippen LogP) is 13.3. The molecule has 47 heavy (non-hydrogen) atoms. The van der Waals surface area contributed by atoms with E-state index in [-0.39, 0.29) is 0 Å². The summed E-state index contributed by atoms with van der Waals surface area (Å²) in [6, 6.07) is 59.1. The second-order valence-electron chi connectivity index (χ2n) is 12.2. The largest absolute Gasteiger partial charge is 0.456 e. The van der Waals surface area contributed by atoms with Gasteiger partial charge < -0.3 is 9.32 Å². The van der Waals surface area contributed by atoms with Gasteiger partial charge in [0.05, 0.1) is 0 Å². The summed E-state index contributed by atoms with van der Waals surface area (Å²) < 4.78 is 8.95. The number of nitrogens with zero attached hydrogens (tertiary/aromatic N) is 1. The van der Waals surface area contributed by atoms with Gasteiger partial charge in [0, 0.05) is 48.0 Å². The summed E-state index contributed by atoms with van der Waals surface area (Å²) in [5.41, 5.74) is 9.97. The molecule has 2 heterocycles. The van der Waals surface area contributed by atoms with E-state index in [4.69, 9.17) is 4.42 Å². The first kappa shape index (κ1) is 26.3. The fourth-order valence-corrected chi connectivity index (χ4v) is 8.30. The summed E-state index contributed by atoms with van der Waals surface area (Å²) >= 11 is 1.85. The summed E-state index contributed by atoms with van der Waals surface area (Å²) in [6.07, 6.45) is 0. The highest BCUT2D eigenvalue weighted by atomic mass is 32.1. The molecule has 10 rings (SSSR count). The van der Waals surface area contributed by atoms with Gasteiger partial charge in [0.1, 0.15) is 11.2 Å². The van der Waals surface area contributed by atoms with Crippen molar-refractivity contribution in [3.8, 4) is 22.3 Å². The van der Waals surface area contributed by atoms with Crippen LogP contribution in [0.3, 0.4) is 0 Å². The van der Waals surface area contributed by atoms with Crippen LogP contribution in [0.2, 0.25) is 0 Å². The average Bonchev–Trinajstić information content (AvgIpc) is 3.70. The van der Waals surface area contributed by atoms with Gasteiger partial charge in [-0.3, -0.25) is 0 Å². The van der Waals surface area contributed by atoms with E-state index in [9.17, 15) is 0 Å². The number of hydrogen-bond acceptors (Lipinski definition) is 3. The maximum absolute atomic E-state index is 6.35. The number of hydrogen-bond donors (Lipinski definition) is 0. The highest BCUT2D eigenvalue weighted by Gasteiger charge is 2.17. The van der Waals surface area contributed by atoms with E-state index in [2.05, 4.69) is 169 Å². The van der Waals surface area contributed by atoms with Gasteiger partial charge in [-0.1, -0.05) is 103 Å². The lowest BCUT2D eigenvalue weighted by molar-refractivity contribution is 0.669. The maximum atomic E-state index is 6.35. The summed E-state index contributed by atoms with van der Waals surface area (Å²) in [4.78, 5) is 2.36. The van der Waals surface area contributed by atoms with E-state index < -0.39 is 0 Å². The Kier molecular flexibility index (Phi) is 5.78. The Hall–Kier alpha value is -5.90. The molecule has 0 spiro atoms. The molecule has 0 aliphatic rings. The molecule has 0 aliphatic carbocycles. The molecule has 0 fully saturated rings. The molecular weight excluding hydrogens is 591 g/mol. The van der Waals surface area contributed by atoms with Crippen LogP contribution >= 0.6 is 11.3 Å². The molecule has 2 nitrogen and oxygen atoms in total. The van der Waals surface area contributed by atoms with Crippen LogP contribution in [0, 0.1) is 0 Å². The Bertz CT molecular complexity index is 2720. The van der Waals surface area contributed by atoms with E-state index in [1.807, 2.05) is 11.3 Å². The number of anilines is 3. The highest BCUT2D eigenvalue weighted by Crippen LogP contribution is 2.43. The Morgan fingerprint density at radius 3 is 1.83 bits per heavy atom. The van der Waals surface area contributed by atoms with Gasteiger partial charge in [0.15, 0.2) is 0 Å². The molecule has 0 radical (unpaired) electrons. The summed E-state index contributed by atoms with van der Waals surface area (Å²) in [5, 5.41) is 7.46. The normalized spacial score (nSPS) is 11.8. The number of benzene rings is 8. The molecule has 0 bridgehead atoms. The first-order valence-electron chi connectivity index (χ1n) is 15.9. The van der Waals surface area contributed by atoms with Crippen molar-refractivity contribution in [1.29, 1.82) is 0 Å². The van der Waals surface area contributed by atoms with Gasteiger partial charge in [-0.15, -0.1) is 11.3 Å². The Morgan fingerprint density at radius 2 is 1.02 bits per heavy atom. The van der Waals surface area contributed by atoms with Crippen molar-refractivity contribution in [3.63, 3.8) is 0 Å². The molecule has 0 amide bonds. The minimum Gasteiger partial charge on any atom is -0.456 e. The third kappa shape index (κ3) is 4.25. The standard InChI is InChI=1S/C44H27NOS/c1-2-7-28(8-3-1)29-15-19-34(20-16-29)45(36-23-24-38-37-10-4-5-12-41(37)47-42(38)27-36)35-21-17-30(18-22-35)33-25-32-14-13-31-9-6-11-39-43(31)44(32)40(26-33)46-39/h1-27H. The number of rotatable bonds is 5. The number of furan rings is 1. The molecule has 0 aliphatic heterocycles. The SMILES string of the molecule is c1ccc(-c2ccc(N(c3ccc(-c4cc5ccc6cccc7oc(c4)c5c67)cc3)c3ccc4c(c3)sc3ccccc34)cc2)cc1. The van der Waals surface area contributed by atoms with Crippen molar-refractivity contribution in [2.75, 3.05) is 4.90 Å². The molecule has 3 heteroatoms. The van der Waals surface area contributed by atoms with Crippen molar-refractivity contribution < 1.29 is 4.42 Å². The molecule has 10 aromatic rings. The second kappa shape index (κ2) is 10.3. The lowest BCUT2D eigenvalue weighted by Gasteiger charge is -2.26. The van der Waals surface area contributed by atoms with Crippen molar-refractivity contribution in [2.45, 2.75) is 0 Å². The molecule has 8 aromatic carbocycles. The monoisotopic (exact) mass is 617 g/mol. The topological polar surface area (TPSA) is 16.4 Å². The third-order valence-corrected chi connectivity index (χ3v) is 10.5. The van der Waals surface area contributed by atoms with Crippen LogP contribution in [-0.4, -0.2) is 0 Å². The van der Waals surface area contributed by atoms with Gasteiger partial charge in [0.2, 0.25) is 0 Å². The van der Waals surface area contributed by atoms with Crippen LogP contribution in [0.5, 0.6) is 0 Å². The second-order valence-corrected chi connectivity index (χ2v) is 13.3. The average molecular weight is 618 g/mol. The minimum atomic E-state index is 0.935. The van der Waals surface area contributed by atoms with E-state index in [0.717, 1.165) is 39.4 Å². The lowest BCUT2D eigenvalue weighted by atomic mass is 9.97. The van der Waals surface area contributed by atoms with E-state index in [1.54, 1.807) is 0 Å². The molecule has 0 unspecified atom stereocenters. The Labute approximate surface area is 275 Å². The summed E-state index contributed by atoms with van der Waals surface area (Å²) in [6.45, 7) is 0. The van der Waals surface area contributed by atoms with Gasteiger partial charge in [0.25, 0.3) is 0 Å². The van der Waals surface area contributed by atoms with Crippen molar-refractivity contribution >= 4 is 81.3 Å². The number of fused-ring (bicyclic) bond motifs is 3. The lowest BCUT2D eigenvalue weighted by Crippen LogP contribution is -2.09. The summed E-state index contributed by atoms with van der Waals surface area (Å²) in [7, 11) is 0. The van der Waals surface area contributed by atoms with Crippen molar-refractivity contribution in [1.82, 2.24) is 0 Å². The van der Waals surface area contributed by atoms with Crippen LogP contribution in [0.25, 0.3) is 75.1 Å². The van der Waals surface area contributed by atoms with Crippen molar-refractivity contribution in [2.24, 2.45) is 0 Å². The molecule has 0 saturated carbocycles. The fraction of sp³-hybridized carbons (Fsp3) is 0. The van der Waals surface area contributed by atoms with Crippen LogP contribution in [0.15, 0.2) is 168 Å². The molecular formula is C44H27NOS. The zero-order valence-corrected chi connectivity index (χ0v) is 26.2. The highest BCUT2D eigenvalue weighted by molar-refractivity contribution is 7.25. The van der Waals surface area contributed by atoms with Gasteiger partial charge in [-0.25, -0.2) is 0 Å². The minimum absolute atomic E-state index is 0.935. The maximum Gasteiger partial charge on any atom is 0.136 e. The molecule has 0 N–H and O–H groups in total.